The number of halogens is 1. The number of ether oxygens (including phenoxy) is 2. The fourth-order valence-corrected chi connectivity index (χ4v) is 4.65. The molecular formula is C24H27BrN2O4. The van der Waals surface area contributed by atoms with Gasteiger partial charge in [0.25, 0.3) is 5.88 Å². The molecule has 0 spiro atoms. The Balaban J connectivity index is 1.62. The summed E-state index contributed by atoms with van der Waals surface area (Å²) < 4.78 is 17.7. The Morgan fingerprint density at radius 2 is 2.03 bits per heavy atom. The minimum absolute atomic E-state index is 0.00335. The van der Waals surface area contributed by atoms with Gasteiger partial charge in [-0.15, -0.1) is 0 Å². The van der Waals surface area contributed by atoms with Gasteiger partial charge in [-0.1, -0.05) is 40.2 Å². The van der Waals surface area contributed by atoms with Gasteiger partial charge in [-0.05, 0) is 60.3 Å². The number of nitrogens with zero attached hydrogens (tertiary/aromatic N) is 2. The van der Waals surface area contributed by atoms with Crippen LogP contribution in [-0.2, 0) is 11.2 Å². The summed E-state index contributed by atoms with van der Waals surface area (Å²) >= 11 is 3.66. The van der Waals surface area contributed by atoms with Crippen LogP contribution in [0, 0.1) is 0 Å². The fraction of sp³-hybridized carbons (Fsp3) is 0.417. The van der Waals surface area contributed by atoms with E-state index in [1.165, 1.54) is 23.4 Å². The molecule has 0 N–H and O–H groups in total. The van der Waals surface area contributed by atoms with Gasteiger partial charge < -0.3 is 18.9 Å². The third-order valence-electron chi connectivity index (χ3n) is 5.70. The van der Waals surface area contributed by atoms with E-state index in [2.05, 4.69) is 51.4 Å². The molecule has 0 radical (unpaired) electrons. The lowest BCUT2D eigenvalue weighted by Crippen LogP contribution is -2.37. The van der Waals surface area contributed by atoms with E-state index >= 15 is 0 Å². The average Bonchev–Trinajstić information content (AvgIpc) is 3.15. The van der Waals surface area contributed by atoms with Crippen LogP contribution in [0.25, 0.3) is 10.8 Å². The molecular weight excluding hydrogens is 460 g/mol. The van der Waals surface area contributed by atoms with E-state index in [1.54, 1.807) is 4.90 Å². The third-order valence-corrected chi connectivity index (χ3v) is 6.39. The number of rotatable bonds is 5. The van der Waals surface area contributed by atoms with Crippen molar-refractivity contribution in [1.82, 2.24) is 10.1 Å². The maximum absolute atomic E-state index is 11.8. The van der Waals surface area contributed by atoms with Crippen LogP contribution < -0.4 is 4.74 Å². The molecule has 3 aromatic rings. The maximum atomic E-state index is 11.8. The molecule has 1 fully saturated rings. The molecule has 4 rings (SSSR count). The summed E-state index contributed by atoms with van der Waals surface area (Å²) in [6.07, 6.45) is 2.02. The Kier molecular flexibility index (Phi) is 6.51. The molecule has 1 aliphatic rings. The summed E-state index contributed by atoms with van der Waals surface area (Å²) in [5.74, 6) is 1.63. The van der Waals surface area contributed by atoms with E-state index in [-0.39, 0.29) is 18.1 Å². The van der Waals surface area contributed by atoms with Crippen LogP contribution in [0.1, 0.15) is 49.5 Å². The highest BCUT2D eigenvalue weighted by atomic mass is 79.9. The first-order valence-electron chi connectivity index (χ1n) is 10.6. The lowest BCUT2D eigenvalue weighted by molar-refractivity contribution is 0.110. The fourth-order valence-electron chi connectivity index (χ4n) is 4.15. The second-order valence-corrected chi connectivity index (χ2v) is 9.05. The molecule has 0 bridgehead atoms. The SMILES string of the molecule is COC(=O)N1CCC(c2onc(OC(C)C)c2Cc2ccc3cccc(Br)c3c2)CC1. The molecule has 0 atom stereocenters. The Morgan fingerprint density at radius 1 is 1.26 bits per heavy atom. The molecule has 31 heavy (non-hydrogen) atoms. The van der Waals surface area contributed by atoms with Crippen LogP contribution in [0.3, 0.4) is 0 Å². The number of hydrogen-bond donors (Lipinski definition) is 0. The summed E-state index contributed by atoms with van der Waals surface area (Å²) in [6, 6.07) is 12.7. The quantitative estimate of drug-likeness (QED) is 0.448. The van der Waals surface area contributed by atoms with Gasteiger partial charge >= 0.3 is 6.09 Å². The summed E-state index contributed by atoms with van der Waals surface area (Å²) in [4.78, 5) is 13.6. The number of aromatic nitrogens is 1. The van der Waals surface area contributed by atoms with Crippen molar-refractivity contribution in [3.05, 3.63) is 57.8 Å². The van der Waals surface area contributed by atoms with Gasteiger partial charge in [-0.2, -0.15) is 0 Å². The normalized spacial score (nSPS) is 14.9. The smallest absolute Gasteiger partial charge is 0.409 e. The summed E-state index contributed by atoms with van der Waals surface area (Å²) in [5, 5.41) is 6.63. The highest BCUT2D eigenvalue weighted by molar-refractivity contribution is 9.10. The molecule has 0 saturated carbocycles. The van der Waals surface area contributed by atoms with Crippen LogP contribution in [0.4, 0.5) is 4.79 Å². The number of piperidine rings is 1. The Bertz CT molecular complexity index is 1070. The molecule has 1 aliphatic heterocycles. The predicted octanol–water partition coefficient (Wildman–Crippen LogP) is 5.91. The van der Waals surface area contributed by atoms with Gasteiger partial charge in [0.2, 0.25) is 0 Å². The van der Waals surface area contributed by atoms with Crippen molar-refractivity contribution < 1.29 is 18.8 Å². The molecule has 1 aromatic heterocycles. The van der Waals surface area contributed by atoms with Crippen molar-refractivity contribution in [2.45, 2.75) is 45.1 Å². The van der Waals surface area contributed by atoms with Gasteiger partial charge in [-0.3, -0.25) is 0 Å². The number of fused-ring (bicyclic) bond motifs is 1. The molecule has 1 amide bonds. The van der Waals surface area contributed by atoms with Crippen LogP contribution >= 0.6 is 15.9 Å². The van der Waals surface area contributed by atoms with Gasteiger partial charge in [0.1, 0.15) is 5.76 Å². The number of hydrogen-bond acceptors (Lipinski definition) is 5. The number of carbonyl (C=O) groups is 1. The summed E-state index contributed by atoms with van der Waals surface area (Å²) in [5.41, 5.74) is 2.17. The largest absolute Gasteiger partial charge is 0.473 e. The van der Waals surface area contributed by atoms with Gasteiger partial charge in [0, 0.05) is 29.9 Å². The minimum Gasteiger partial charge on any atom is -0.473 e. The van der Waals surface area contributed by atoms with Crippen molar-refractivity contribution in [3.8, 4) is 5.88 Å². The molecule has 2 aromatic carbocycles. The monoisotopic (exact) mass is 486 g/mol. The Hall–Kier alpha value is -2.54. The number of benzene rings is 2. The minimum atomic E-state index is -0.276. The van der Waals surface area contributed by atoms with Crippen molar-refractivity contribution in [2.75, 3.05) is 20.2 Å². The van der Waals surface area contributed by atoms with E-state index in [1.807, 2.05) is 19.9 Å². The number of methoxy groups -OCH3 is 1. The van der Waals surface area contributed by atoms with Crippen molar-refractivity contribution in [3.63, 3.8) is 0 Å². The molecule has 7 heteroatoms. The van der Waals surface area contributed by atoms with Crippen LogP contribution in [-0.4, -0.2) is 42.5 Å². The maximum Gasteiger partial charge on any atom is 0.409 e. The van der Waals surface area contributed by atoms with Gasteiger partial charge in [0.15, 0.2) is 0 Å². The van der Waals surface area contributed by atoms with Crippen molar-refractivity contribution in [2.24, 2.45) is 0 Å². The topological polar surface area (TPSA) is 64.8 Å². The first-order chi connectivity index (χ1) is 15.0. The molecule has 0 aliphatic carbocycles. The molecule has 1 saturated heterocycles. The number of likely N-dealkylation sites (tertiary alicyclic amines) is 1. The lowest BCUT2D eigenvalue weighted by atomic mass is 9.90. The van der Waals surface area contributed by atoms with E-state index in [0.29, 0.717) is 25.4 Å². The third kappa shape index (κ3) is 4.71. The second kappa shape index (κ2) is 9.30. The highest BCUT2D eigenvalue weighted by Crippen LogP contribution is 2.37. The zero-order valence-electron chi connectivity index (χ0n) is 18.1. The van der Waals surface area contributed by atoms with E-state index < -0.39 is 0 Å². The van der Waals surface area contributed by atoms with E-state index in [4.69, 9.17) is 14.0 Å². The van der Waals surface area contributed by atoms with E-state index in [0.717, 1.165) is 28.6 Å². The first-order valence-corrected chi connectivity index (χ1v) is 11.4. The number of amides is 1. The molecule has 164 valence electrons. The predicted molar refractivity (Wildman–Crippen MR) is 123 cm³/mol. The molecule has 0 unspecified atom stereocenters. The Labute approximate surface area is 190 Å². The molecule has 2 heterocycles. The summed E-state index contributed by atoms with van der Waals surface area (Å²) in [7, 11) is 1.42. The summed E-state index contributed by atoms with van der Waals surface area (Å²) in [6.45, 7) is 5.25. The average molecular weight is 487 g/mol. The van der Waals surface area contributed by atoms with Crippen molar-refractivity contribution in [1.29, 1.82) is 0 Å². The van der Waals surface area contributed by atoms with Crippen molar-refractivity contribution >= 4 is 32.8 Å². The highest BCUT2D eigenvalue weighted by Gasteiger charge is 2.31. The number of carbonyl (C=O) groups excluding carboxylic acids is 1. The van der Waals surface area contributed by atoms with E-state index in [9.17, 15) is 4.79 Å². The molecule has 6 nitrogen and oxygen atoms in total. The zero-order chi connectivity index (χ0) is 22.0. The van der Waals surface area contributed by atoms with Crippen LogP contribution in [0.15, 0.2) is 45.4 Å². The van der Waals surface area contributed by atoms with Gasteiger partial charge in [-0.25, -0.2) is 4.79 Å². The second-order valence-electron chi connectivity index (χ2n) is 8.20. The Morgan fingerprint density at radius 3 is 2.74 bits per heavy atom. The van der Waals surface area contributed by atoms with Crippen LogP contribution in [0.5, 0.6) is 5.88 Å². The standard InChI is InChI=1S/C24H27BrN2O4/c1-15(2)30-23-20(14-16-7-8-17-5-4-6-21(25)19(17)13-16)22(31-26-23)18-9-11-27(12-10-18)24(28)29-3/h4-8,13,15,18H,9-12,14H2,1-3H3. The lowest BCUT2D eigenvalue weighted by Gasteiger charge is -2.30. The first kappa shape index (κ1) is 21.7. The zero-order valence-corrected chi connectivity index (χ0v) is 19.6. The van der Waals surface area contributed by atoms with Gasteiger partial charge in [0.05, 0.1) is 18.8 Å². The van der Waals surface area contributed by atoms with Crippen LogP contribution in [0.2, 0.25) is 0 Å².